The van der Waals surface area contributed by atoms with Crippen molar-refractivity contribution in [1.29, 1.82) is 5.26 Å². The van der Waals surface area contributed by atoms with Crippen LogP contribution >= 0.6 is 46.4 Å². The van der Waals surface area contributed by atoms with Crippen molar-refractivity contribution in [2.45, 2.75) is 26.8 Å². The van der Waals surface area contributed by atoms with Crippen LogP contribution in [0.25, 0.3) is 28.0 Å². The van der Waals surface area contributed by atoms with E-state index in [4.69, 9.17) is 57.1 Å². The minimum absolute atomic E-state index is 0.0241. The van der Waals surface area contributed by atoms with Gasteiger partial charge >= 0.3 is 0 Å². The third-order valence-corrected chi connectivity index (χ3v) is 9.99. The fraction of sp³-hybridized carbons (Fsp3) is 0.312. The predicted molar refractivity (Wildman–Crippen MR) is 184 cm³/mol. The number of halogens is 5. The molecule has 1 atom stereocenters. The van der Waals surface area contributed by atoms with Gasteiger partial charge in [-0.1, -0.05) is 66.8 Å². The lowest BCUT2D eigenvalue weighted by Crippen LogP contribution is -2.49. The summed E-state index contributed by atoms with van der Waals surface area (Å²) in [7, 11) is 1.90. The van der Waals surface area contributed by atoms with Crippen molar-refractivity contribution in [1.82, 2.24) is 19.4 Å². The summed E-state index contributed by atoms with van der Waals surface area (Å²) < 4.78 is 17.2. The van der Waals surface area contributed by atoms with Crippen LogP contribution in [0.2, 0.25) is 20.1 Å². The number of aromatic nitrogens is 2. The Morgan fingerprint density at radius 1 is 1.17 bits per heavy atom. The second kappa shape index (κ2) is 12.8. The van der Waals surface area contributed by atoms with Gasteiger partial charge in [-0.05, 0) is 42.8 Å². The quantitative estimate of drug-likeness (QED) is 0.134. The van der Waals surface area contributed by atoms with Crippen molar-refractivity contribution < 1.29 is 9.18 Å². The summed E-state index contributed by atoms with van der Waals surface area (Å²) in [6.07, 6.45) is 5.04. The molecule has 0 aliphatic carbocycles. The highest BCUT2D eigenvalue weighted by molar-refractivity contribution is 6.50. The molecule has 0 spiro atoms. The average molecular weight is 705 g/mol. The molecular weight excluding hydrogens is 675 g/mol. The molecule has 2 N–H and O–H groups in total. The summed E-state index contributed by atoms with van der Waals surface area (Å²) in [5, 5.41) is 10.1. The van der Waals surface area contributed by atoms with E-state index in [9.17, 15) is 14.9 Å². The summed E-state index contributed by atoms with van der Waals surface area (Å²) in [5.74, 6) is -1.17. The molecule has 9 nitrogen and oxygen atoms in total. The van der Waals surface area contributed by atoms with E-state index >= 15 is 4.39 Å². The number of nitrogen functional groups attached to an aromatic ring is 1. The fourth-order valence-electron chi connectivity index (χ4n) is 6.16. The Hall–Kier alpha value is -3.75. The highest BCUT2D eigenvalue weighted by Gasteiger charge is 2.34. The minimum atomic E-state index is -0.977. The molecule has 4 heterocycles. The topological polar surface area (TPSA) is 111 Å². The summed E-state index contributed by atoms with van der Waals surface area (Å²) >= 11 is 25.8. The Bertz CT molecular complexity index is 1950. The number of benzene rings is 1. The van der Waals surface area contributed by atoms with Crippen molar-refractivity contribution >= 4 is 80.4 Å². The second-order valence-corrected chi connectivity index (χ2v) is 13.0. The number of fused-ring (bicyclic) bond motifs is 1. The maximum absolute atomic E-state index is 15.8. The zero-order chi connectivity index (χ0) is 33.8. The Balaban J connectivity index is 1.91. The van der Waals surface area contributed by atoms with E-state index in [0.717, 1.165) is 5.57 Å². The number of amides is 1. The Morgan fingerprint density at radius 3 is 2.41 bits per heavy atom. The van der Waals surface area contributed by atoms with Crippen molar-refractivity contribution in [3.05, 3.63) is 78.4 Å². The number of carbonyl (C=O) groups excluding carboxylic acids is 1. The van der Waals surface area contributed by atoms with Gasteiger partial charge < -0.3 is 20.4 Å². The average Bonchev–Trinajstić information content (AvgIpc) is 3.03. The Kier molecular flexibility index (Phi) is 9.35. The van der Waals surface area contributed by atoms with Crippen LogP contribution in [0.15, 0.2) is 41.4 Å². The third kappa shape index (κ3) is 5.39. The number of carbonyl (C=O) groups is 1. The van der Waals surface area contributed by atoms with E-state index in [1.165, 1.54) is 16.7 Å². The molecule has 0 saturated carbocycles. The molecule has 1 unspecified atom stereocenters. The molecule has 1 saturated heterocycles. The van der Waals surface area contributed by atoms with Crippen molar-refractivity contribution in [2.75, 3.05) is 43.9 Å². The predicted octanol–water partition coefficient (Wildman–Crippen LogP) is 6.82. The first-order valence-corrected chi connectivity index (χ1v) is 15.8. The normalized spacial score (nSPS) is 16.9. The molecule has 1 amide bonds. The lowest BCUT2D eigenvalue weighted by Gasteiger charge is -2.38. The number of hydrogen-bond acceptors (Lipinski definition) is 7. The number of allylic oxidation sites excluding steroid dienone is 2. The van der Waals surface area contributed by atoms with E-state index in [-0.39, 0.29) is 60.4 Å². The summed E-state index contributed by atoms with van der Waals surface area (Å²) in [6.45, 7) is 10.8. The molecule has 2 aliphatic heterocycles. The smallest absolute Gasteiger partial charge is 0.276 e. The lowest BCUT2D eigenvalue weighted by atomic mass is 9.93. The molecular formula is C32H30Cl4FN7O2. The Morgan fingerprint density at radius 2 is 1.83 bits per heavy atom. The molecule has 0 radical (unpaired) electrons. The van der Waals surface area contributed by atoms with Crippen LogP contribution in [0.1, 0.15) is 26.3 Å². The van der Waals surface area contributed by atoms with Crippen LogP contribution < -0.4 is 16.2 Å². The second-order valence-electron chi connectivity index (χ2n) is 11.5. The SMILES string of the molecule is C=CC(=O)N1CCN(c2c(C#N)c(=O)n(C3=C(C)C=CN(C)C3C(C)C)c3nc(-c4c(F)c(N)c(Cl)c(Cl)c4Cl)c(Cl)cc23)CC1. The van der Waals surface area contributed by atoms with Gasteiger partial charge in [-0.2, -0.15) is 5.26 Å². The van der Waals surface area contributed by atoms with Gasteiger partial charge in [0.25, 0.3) is 5.56 Å². The van der Waals surface area contributed by atoms with Crippen LogP contribution in [0.3, 0.4) is 0 Å². The molecule has 2 aliphatic rings. The van der Waals surface area contributed by atoms with Crippen molar-refractivity contribution in [3.8, 4) is 17.3 Å². The number of pyridine rings is 2. The zero-order valence-corrected chi connectivity index (χ0v) is 28.5. The van der Waals surface area contributed by atoms with Gasteiger partial charge in [0.2, 0.25) is 5.91 Å². The van der Waals surface area contributed by atoms with E-state index < -0.39 is 17.1 Å². The van der Waals surface area contributed by atoms with Crippen LogP contribution in [0.5, 0.6) is 0 Å². The van der Waals surface area contributed by atoms with Gasteiger partial charge in [-0.25, -0.2) is 9.37 Å². The number of piperazine rings is 1. The van der Waals surface area contributed by atoms with Gasteiger partial charge in [-0.3, -0.25) is 14.2 Å². The van der Waals surface area contributed by atoms with Gasteiger partial charge in [0, 0.05) is 38.6 Å². The van der Waals surface area contributed by atoms with E-state index in [1.54, 1.807) is 4.90 Å². The number of nitriles is 1. The first-order valence-electron chi connectivity index (χ1n) is 14.3. The van der Waals surface area contributed by atoms with Crippen molar-refractivity contribution in [2.24, 2.45) is 5.92 Å². The van der Waals surface area contributed by atoms with E-state index in [2.05, 4.69) is 12.6 Å². The molecule has 46 heavy (non-hydrogen) atoms. The Labute approximate surface area is 285 Å². The van der Waals surface area contributed by atoms with E-state index in [1.807, 2.05) is 49.9 Å². The first kappa shape index (κ1) is 33.6. The first-order chi connectivity index (χ1) is 21.7. The number of rotatable bonds is 5. The zero-order valence-electron chi connectivity index (χ0n) is 25.5. The summed E-state index contributed by atoms with van der Waals surface area (Å²) in [6, 6.07) is 3.37. The van der Waals surface area contributed by atoms with Crippen LogP contribution in [0, 0.1) is 23.1 Å². The summed E-state index contributed by atoms with van der Waals surface area (Å²) in [5.41, 5.74) is 6.16. The number of anilines is 2. The largest absolute Gasteiger partial charge is 0.395 e. The maximum Gasteiger partial charge on any atom is 0.276 e. The van der Waals surface area contributed by atoms with Gasteiger partial charge in [0.05, 0.1) is 54.5 Å². The summed E-state index contributed by atoms with van der Waals surface area (Å²) in [4.78, 5) is 37.1. The molecule has 5 rings (SSSR count). The maximum atomic E-state index is 15.8. The van der Waals surface area contributed by atoms with Crippen molar-refractivity contribution in [3.63, 3.8) is 0 Å². The molecule has 240 valence electrons. The number of nitrogens with zero attached hydrogens (tertiary/aromatic N) is 6. The number of likely N-dealkylation sites (N-methyl/N-ethyl adjacent to an activating group) is 1. The van der Waals surface area contributed by atoms with Crippen LogP contribution in [-0.2, 0) is 4.79 Å². The number of nitrogens with two attached hydrogens (primary N) is 1. The molecule has 14 heteroatoms. The standard InChI is InChI=1S/C32H30Cl4FN7O2/c1-6-20(45)42-9-11-43(12-10-42)30-17-13-19(33)27(21-22(34)23(35)24(36)26(39)25(21)37)40-31(17)44(32(46)18(30)14-38)29-16(4)7-8-41(5)28(29)15(2)3/h6-8,13,15,28H,1,9-12,39H2,2-5H3. The van der Waals surface area contributed by atoms with Gasteiger partial charge in [0.15, 0.2) is 5.82 Å². The fourth-order valence-corrected chi connectivity index (χ4v) is 7.10. The molecule has 3 aromatic rings. The molecule has 1 fully saturated rings. The molecule has 0 bridgehead atoms. The van der Waals surface area contributed by atoms with Gasteiger partial charge in [0.1, 0.15) is 17.3 Å². The van der Waals surface area contributed by atoms with Gasteiger partial charge in [-0.15, -0.1) is 0 Å². The highest BCUT2D eigenvalue weighted by atomic mass is 35.5. The molecule has 1 aromatic carbocycles. The third-order valence-electron chi connectivity index (χ3n) is 8.36. The van der Waals surface area contributed by atoms with Crippen LogP contribution in [0.4, 0.5) is 15.8 Å². The number of hydrogen-bond donors (Lipinski definition) is 1. The van der Waals surface area contributed by atoms with E-state index in [0.29, 0.717) is 42.9 Å². The monoisotopic (exact) mass is 703 g/mol. The van der Waals surface area contributed by atoms with Crippen LogP contribution in [-0.4, -0.2) is 64.5 Å². The molecule has 2 aromatic heterocycles. The lowest BCUT2D eigenvalue weighted by molar-refractivity contribution is -0.126. The highest BCUT2D eigenvalue weighted by Crippen LogP contribution is 2.46. The minimum Gasteiger partial charge on any atom is -0.395 e.